The zero-order chi connectivity index (χ0) is 27.6. The van der Waals surface area contributed by atoms with Crippen LogP contribution in [0.1, 0.15) is 49.7 Å². The molecular formula is C29H19Cl2NO7. The van der Waals surface area contributed by atoms with Gasteiger partial charge in [0.25, 0.3) is 0 Å². The Balaban J connectivity index is 1.48. The molecule has 3 atom stereocenters. The number of esters is 1. The van der Waals surface area contributed by atoms with Gasteiger partial charge in [-0.25, -0.2) is 9.69 Å². The molecule has 39 heavy (non-hydrogen) atoms. The fourth-order valence-corrected chi connectivity index (χ4v) is 6.26. The van der Waals surface area contributed by atoms with Crippen LogP contribution in [0.15, 0.2) is 66.7 Å². The summed E-state index contributed by atoms with van der Waals surface area (Å²) in [5.41, 5.74) is -1.23. The zero-order valence-corrected chi connectivity index (χ0v) is 21.9. The Morgan fingerprint density at radius 2 is 1.56 bits per heavy atom. The van der Waals surface area contributed by atoms with Gasteiger partial charge in [-0.05, 0) is 43.3 Å². The van der Waals surface area contributed by atoms with Gasteiger partial charge in [0.2, 0.25) is 29.0 Å². The number of benzene rings is 3. The van der Waals surface area contributed by atoms with Crippen molar-refractivity contribution in [3.63, 3.8) is 0 Å². The highest BCUT2D eigenvalue weighted by atomic mass is 35.5. The van der Waals surface area contributed by atoms with Crippen LogP contribution in [0.3, 0.4) is 0 Å². The molecule has 2 amide bonds. The van der Waals surface area contributed by atoms with Gasteiger partial charge in [-0.2, -0.15) is 0 Å². The second kappa shape index (κ2) is 9.12. The highest BCUT2D eigenvalue weighted by molar-refractivity contribution is 6.37. The molecule has 0 bridgehead atoms. The molecule has 196 valence electrons. The molecule has 1 spiro atoms. The van der Waals surface area contributed by atoms with Crippen molar-refractivity contribution in [2.75, 3.05) is 11.5 Å². The lowest BCUT2D eigenvalue weighted by atomic mass is 9.77. The van der Waals surface area contributed by atoms with E-state index in [9.17, 15) is 24.0 Å². The molecule has 8 nitrogen and oxygen atoms in total. The van der Waals surface area contributed by atoms with Crippen LogP contribution in [0, 0.1) is 11.8 Å². The Hall–Kier alpha value is -3.85. The molecule has 3 aromatic rings. The van der Waals surface area contributed by atoms with Gasteiger partial charge >= 0.3 is 5.97 Å². The van der Waals surface area contributed by atoms with Crippen molar-refractivity contribution in [1.82, 2.24) is 0 Å². The number of anilines is 1. The molecule has 3 aliphatic rings. The highest BCUT2D eigenvalue weighted by Crippen LogP contribution is 2.58. The van der Waals surface area contributed by atoms with E-state index in [0.29, 0.717) is 10.6 Å². The first-order valence-electron chi connectivity index (χ1n) is 12.2. The molecule has 10 heteroatoms. The summed E-state index contributed by atoms with van der Waals surface area (Å²) in [4.78, 5) is 68.7. The molecule has 0 aromatic heterocycles. The third-order valence-electron chi connectivity index (χ3n) is 7.42. The minimum atomic E-state index is -2.23. The molecule has 0 saturated carbocycles. The fourth-order valence-electron chi connectivity index (χ4n) is 5.75. The predicted molar refractivity (Wildman–Crippen MR) is 140 cm³/mol. The van der Waals surface area contributed by atoms with E-state index in [1.54, 1.807) is 31.2 Å². The molecule has 2 heterocycles. The number of hydrogen-bond donors (Lipinski definition) is 0. The van der Waals surface area contributed by atoms with Crippen molar-refractivity contribution in [1.29, 1.82) is 0 Å². The number of rotatable bonds is 4. The van der Waals surface area contributed by atoms with Crippen LogP contribution in [0.4, 0.5) is 5.69 Å². The standard InChI is InChI=1S/C29H19Cl2NO7/c1-2-38-28(37)14-7-10-16(11-8-14)32-26(35)21-22(27(32)36)29(24(33)17-5-3-4-6-18(17)25(29)34)39-23(21)19-12-9-15(30)13-20(19)31/h3-13,21-23H,2H2,1H3/t21-,22+,23+/m1/s1. The molecule has 0 N–H and O–H groups in total. The van der Waals surface area contributed by atoms with E-state index in [2.05, 4.69) is 0 Å². The largest absolute Gasteiger partial charge is 0.462 e. The molecule has 3 aromatic carbocycles. The summed E-state index contributed by atoms with van der Waals surface area (Å²) in [6.07, 6.45) is -1.18. The summed E-state index contributed by atoms with van der Waals surface area (Å²) in [6, 6.07) is 16.5. The first-order chi connectivity index (χ1) is 18.7. The summed E-state index contributed by atoms with van der Waals surface area (Å²) < 4.78 is 11.2. The monoisotopic (exact) mass is 563 g/mol. The number of fused-ring (bicyclic) bond motifs is 3. The van der Waals surface area contributed by atoms with Crippen molar-refractivity contribution in [3.8, 4) is 0 Å². The Kier molecular flexibility index (Phi) is 5.95. The van der Waals surface area contributed by atoms with Crippen LogP contribution in [0.2, 0.25) is 10.0 Å². The minimum absolute atomic E-state index is 0.126. The fraction of sp³-hybridized carbons (Fsp3) is 0.207. The maximum atomic E-state index is 14.0. The van der Waals surface area contributed by atoms with E-state index in [-0.39, 0.29) is 34.0 Å². The summed E-state index contributed by atoms with van der Waals surface area (Å²) >= 11 is 12.6. The van der Waals surface area contributed by atoms with Crippen LogP contribution in [-0.2, 0) is 19.1 Å². The molecule has 0 radical (unpaired) electrons. The first kappa shape index (κ1) is 25.4. The first-order valence-corrected chi connectivity index (χ1v) is 12.9. The summed E-state index contributed by atoms with van der Waals surface area (Å²) in [6.45, 7) is 1.87. The summed E-state index contributed by atoms with van der Waals surface area (Å²) in [7, 11) is 0. The number of Topliss-reactive ketones (excluding diaryl/α,β-unsaturated/α-hetero) is 2. The van der Waals surface area contributed by atoms with Gasteiger partial charge < -0.3 is 9.47 Å². The summed E-state index contributed by atoms with van der Waals surface area (Å²) in [5.74, 6) is -5.96. The van der Waals surface area contributed by atoms with Crippen LogP contribution in [-0.4, -0.2) is 41.6 Å². The predicted octanol–water partition coefficient (Wildman–Crippen LogP) is 4.87. The van der Waals surface area contributed by atoms with Crippen molar-refractivity contribution in [3.05, 3.63) is 99.0 Å². The van der Waals surface area contributed by atoms with Gasteiger partial charge in [0.15, 0.2) is 0 Å². The second-order valence-electron chi connectivity index (χ2n) is 9.43. The smallest absolute Gasteiger partial charge is 0.338 e. The number of nitrogens with zero attached hydrogens (tertiary/aromatic N) is 1. The van der Waals surface area contributed by atoms with E-state index in [0.717, 1.165) is 4.90 Å². The molecule has 1 aliphatic carbocycles. The van der Waals surface area contributed by atoms with Crippen LogP contribution < -0.4 is 4.90 Å². The number of carbonyl (C=O) groups is 5. The zero-order valence-electron chi connectivity index (χ0n) is 20.4. The van der Waals surface area contributed by atoms with Gasteiger partial charge in [-0.3, -0.25) is 19.2 Å². The average Bonchev–Trinajstić information content (AvgIpc) is 3.49. The quantitative estimate of drug-likeness (QED) is 0.253. The van der Waals surface area contributed by atoms with E-state index in [4.69, 9.17) is 32.7 Å². The number of halogens is 2. The molecule has 0 unspecified atom stereocenters. The van der Waals surface area contributed by atoms with E-state index in [1.807, 2.05) is 0 Å². The number of ether oxygens (including phenoxy) is 2. The van der Waals surface area contributed by atoms with Crippen molar-refractivity contribution in [2.24, 2.45) is 11.8 Å². The second-order valence-corrected chi connectivity index (χ2v) is 10.3. The molecular weight excluding hydrogens is 545 g/mol. The van der Waals surface area contributed by atoms with Crippen LogP contribution in [0.25, 0.3) is 0 Å². The van der Waals surface area contributed by atoms with E-state index < -0.39 is 52.9 Å². The van der Waals surface area contributed by atoms with Crippen molar-refractivity contribution < 1.29 is 33.4 Å². The van der Waals surface area contributed by atoms with Gasteiger partial charge in [0.05, 0.1) is 35.8 Å². The van der Waals surface area contributed by atoms with Gasteiger partial charge in [0.1, 0.15) is 0 Å². The van der Waals surface area contributed by atoms with Crippen molar-refractivity contribution >= 4 is 58.2 Å². The van der Waals surface area contributed by atoms with Gasteiger partial charge in [-0.15, -0.1) is 0 Å². The van der Waals surface area contributed by atoms with Gasteiger partial charge in [0, 0.05) is 26.7 Å². The van der Waals surface area contributed by atoms with E-state index >= 15 is 0 Å². The normalized spacial score (nSPS) is 22.9. The SMILES string of the molecule is CCOC(=O)c1ccc(N2C(=O)[C@@H]3[C@@H](C2=O)C2(O[C@H]3c3ccc(Cl)cc3Cl)C(=O)c3ccccc3C2=O)cc1. The highest BCUT2D eigenvalue weighted by Gasteiger charge is 2.74. The lowest BCUT2D eigenvalue weighted by Crippen LogP contribution is -2.51. The summed E-state index contributed by atoms with van der Waals surface area (Å²) in [5, 5.41) is 0.502. The van der Waals surface area contributed by atoms with Crippen molar-refractivity contribution in [2.45, 2.75) is 18.6 Å². The average molecular weight is 564 g/mol. The Labute approximate surface area is 232 Å². The number of carbonyl (C=O) groups excluding carboxylic acids is 5. The number of ketones is 2. The number of imide groups is 1. The maximum Gasteiger partial charge on any atom is 0.338 e. The maximum absolute atomic E-state index is 14.0. The molecule has 2 fully saturated rings. The molecule has 2 saturated heterocycles. The minimum Gasteiger partial charge on any atom is -0.462 e. The van der Waals surface area contributed by atoms with Crippen LogP contribution >= 0.6 is 23.2 Å². The Morgan fingerprint density at radius 1 is 0.923 bits per heavy atom. The molecule has 6 rings (SSSR count). The number of hydrogen-bond acceptors (Lipinski definition) is 7. The lowest BCUT2D eigenvalue weighted by molar-refractivity contribution is -0.127. The van der Waals surface area contributed by atoms with Gasteiger partial charge in [-0.1, -0.05) is 53.5 Å². The molecule has 2 aliphatic heterocycles. The third-order valence-corrected chi connectivity index (χ3v) is 7.99. The number of amides is 2. The Morgan fingerprint density at radius 3 is 2.15 bits per heavy atom. The third kappa shape index (κ3) is 3.52. The van der Waals surface area contributed by atoms with E-state index in [1.165, 1.54) is 42.5 Å². The van der Waals surface area contributed by atoms with Crippen LogP contribution in [0.5, 0.6) is 0 Å². The topological polar surface area (TPSA) is 107 Å². The lowest BCUT2D eigenvalue weighted by Gasteiger charge is -2.27. The Bertz CT molecular complexity index is 1560.